The highest BCUT2D eigenvalue weighted by Gasteiger charge is 2.21. The number of nitro benzene ring substituents is 2. The minimum atomic E-state index is -0.805. The van der Waals surface area contributed by atoms with E-state index in [1.54, 1.807) is 23.6 Å². The van der Waals surface area contributed by atoms with Gasteiger partial charge in [-0.2, -0.15) is 0 Å². The molecule has 0 spiro atoms. The van der Waals surface area contributed by atoms with Crippen LogP contribution in [0.25, 0.3) is 11.3 Å². The Morgan fingerprint density at radius 1 is 1.03 bits per heavy atom. The number of nitrogens with zero attached hydrogens (tertiary/aromatic N) is 3. The van der Waals surface area contributed by atoms with Crippen molar-refractivity contribution in [1.82, 2.24) is 4.98 Å². The summed E-state index contributed by atoms with van der Waals surface area (Å²) in [4.78, 5) is 37.2. The first-order valence-corrected chi connectivity index (χ1v) is 9.13. The number of aromatic nitrogens is 1. The van der Waals surface area contributed by atoms with E-state index in [4.69, 9.17) is 9.47 Å². The Morgan fingerprint density at radius 3 is 2.27 bits per heavy atom. The van der Waals surface area contributed by atoms with Gasteiger partial charge in [0.2, 0.25) is 0 Å². The number of thiazole rings is 1. The van der Waals surface area contributed by atoms with Crippen LogP contribution in [0.2, 0.25) is 0 Å². The van der Waals surface area contributed by atoms with Gasteiger partial charge in [0.25, 0.3) is 17.3 Å². The zero-order valence-corrected chi connectivity index (χ0v) is 16.5. The molecular weight excluding hydrogens is 416 g/mol. The van der Waals surface area contributed by atoms with Crippen LogP contribution in [0.3, 0.4) is 0 Å². The summed E-state index contributed by atoms with van der Waals surface area (Å²) in [5.41, 5.74) is -0.201. The van der Waals surface area contributed by atoms with Crippen LogP contribution in [0.1, 0.15) is 10.4 Å². The van der Waals surface area contributed by atoms with Gasteiger partial charge in [0, 0.05) is 23.1 Å². The minimum absolute atomic E-state index is 0.203. The highest BCUT2D eigenvalue weighted by atomic mass is 32.1. The van der Waals surface area contributed by atoms with E-state index in [1.165, 1.54) is 14.2 Å². The highest BCUT2D eigenvalue weighted by Crippen LogP contribution is 2.35. The topological polar surface area (TPSA) is 147 Å². The van der Waals surface area contributed by atoms with E-state index in [-0.39, 0.29) is 10.7 Å². The van der Waals surface area contributed by atoms with E-state index in [1.807, 2.05) is 0 Å². The molecule has 0 unspecified atom stereocenters. The molecule has 30 heavy (non-hydrogen) atoms. The van der Waals surface area contributed by atoms with E-state index in [2.05, 4.69) is 10.3 Å². The molecule has 0 aliphatic rings. The van der Waals surface area contributed by atoms with Gasteiger partial charge in [0.15, 0.2) is 5.13 Å². The molecule has 0 radical (unpaired) electrons. The maximum Gasteiger partial charge on any atom is 0.277 e. The molecule has 1 amide bonds. The van der Waals surface area contributed by atoms with E-state index in [0.717, 1.165) is 29.5 Å². The lowest BCUT2D eigenvalue weighted by molar-refractivity contribution is -0.394. The van der Waals surface area contributed by atoms with Crippen LogP contribution in [0.4, 0.5) is 16.5 Å². The molecule has 1 N–H and O–H groups in total. The molecule has 1 heterocycles. The normalized spacial score (nSPS) is 10.3. The molecule has 11 nitrogen and oxygen atoms in total. The van der Waals surface area contributed by atoms with Gasteiger partial charge in [-0.25, -0.2) is 4.98 Å². The SMILES string of the molecule is COc1ccc(OC)c(-c2csc(NC(=O)c3cc([N+](=O)[O-])cc([N+](=O)[O-])c3)n2)c1. The average Bonchev–Trinajstić information content (AvgIpc) is 3.20. The zero-order valence-electron chi connectivity index (χ0n) is 15.6. The second-order valence-electron chi connectivity index (χ2n) is 5.81. The highest BCUT2D eigenvalue weighted by molar-refractivity contribution is 7.14. The number of hydrogen-bond donors (Lipinski definition) is 1. The Morgan fingerprint density at radius 2 is 1.70 bits per heavy atom. The van der Waals surface area contributed by atoms with Gasteiger partial charge < -0.3 is 9.47 Å². The van der Waals surface area contributed by atoms with Crippen LogP contribution in [-0.2, 0) is 0 Å². The Labute approximate surface area is 173 Å². The van der Waals surface area contributed by atoms with E-state index in [9.17, 15) is 25.0 Å². The lowest BCUT2D eigenvalue weighted by atomic mass is 10.1. The number of nitrogens with one attached hydrogen (secondary N) is 1. The Kier molecular flexibility index (Phi) is 5.88. The van der Waals surface area contributed by atoms with Crippen molar-refractivity contribution in [2.75, 3.05) is 19.5 Å². The smallest absolute Gasteiger partial charge is 0.277 e. The van der Waals surface area contributed by atoms with E-state index in [0.29, 0.717) is 22.8 Å². The number of non-ortho nitro benzene ring substituents is 2. The largest absolute Gasteiger partial charge is 0.497 e. The van der Waals surface area contributed by atoms with Crippen molar-refractivity contribution in [1.29, 1.82) is 0 Å². The molecule has 3 aromatic rings. The van der Waals surface area contributed by atoms with Crippen LogP contribution in [0, 0.1) is 20.2 Å². The summed E-state index contributed by atoms with van der Waals surface area (Å²) in [7, 11) is 3.03. The molecule has 12 heteroatoms. The third-order valence-electron chi connectivity index (χ3n) is 3.99. The van der Waals surface area contributed by atoms with Crippen molar-refractivity contribution in [2.24, 2.45) is 0 Å². The summed E-state index contributed by atoms with van der Waals surface area (Å²) in [5, 5.41) is 26.4. The number of methoxy groups -OCH3 is 2. The fourth-order valence-electron chi connectivity index (χ4n) is 2.58. The monoisotopic (exact) mass is 430 g/mol. The number of hydrogen-bond acceptors (Lipinski definition) is 9. The van der Waals surface area contributed by atoms with Gasteiger partial charge in [-0.05, 0) is 18.2 Å². The van der Waals surface area contributed by atoms with Crippen molar-refractivity contribution in [2.45, 2.75) is 0 Å². The van der Waals surface area contributed by atoms with E-state index < -0.39 is 27.1 Å². The Hall–Kier alpha value is -4.06. The molecule has 1 aromatic heterocycles. The summed E-state index contributed by atoms with van der Waals surface area (Å²) in [6, 6.07) is 7.88. The number of benzene rings is 2. The molecule has 0 aliphatic carbocycles. The average molecular weight is 430 g/mol. The van der Waals surface area contributed by atoms with Gasteiger partial charge in [0.1, 0.15) is 11.5 Å². The van der Waals surface area contributed by atoms with Crippen molar-refractivity contribution >= 4 is 33.8 Å². The van der Waals surface area contributed by atoms with Crippen LogP contribution in [0.15, 0.2) is 41.8 Å². The number of anilines is 1. The molecule has 3 rings (SSSR count). The van der Waals surface area contributed by atoms with Crippen LogP contribution in [-0.4, -0.2) is 35.0 Å². The van der Waals surface area contributed by atoms with Crippen molar-refractivity contribution in [3.8, 4) is 22.8 Å². The first-order valence-electron chi connectivity index (χ1n) is 8.25. The molecule has 0 bridgehead atoms. The van der Waals surface area contributed by atoms with Gasteiger partial charge in [-0.1, -0.05) is 0 Å². The second kappa shape index (κ2) is 8.53. The van der Waals surface area contributed by atoms with Crippen molar-refractivity contribution in [3.63, 3.8) is 0 Å². The lowest BCUT2D eigenvalue weighted by Crippen LogP contribution is -2.12. The maximum absolute atomic E-state index is 12.5. The fourth-order valence-corrected chi connectivity index (χ4v) is 3.28. The maximum atomic E-state index is 12.5. The quantitative estimate of drug-likeness (QED) is 0.438. The summed E-state index contributed by atoms with van der Waals surface area (Å²) in [5.74, 6) is 0.377. The van der Waals surface area contributed by atoms with Gasteiger partial charge >= 0.3 is 0 Å². The number of carbonyl (C=O) groups excluding carboxylic acids is 1. The third-order valence-corrected chi connectivity index (χ3v) is 4.75. The molecule has 154 valence electrons. The Balaban J connectivity index is 1.89. The summed E-state index contributed by atoms with van der Waals surface area (Å²) in [6.07, 6.45) is 0. The third kappa shape index (κ3) is 4.33. The number of carbonyl (C=O) groups is 1. The lowest BCUT2D eigenvalue weighted by Gasteiger charge is -2.08. The predicted molar refractivity (Wildman–Crippen MR) is 108 cm³/mol. The first-order chi connectivity index (χ1) is 14.3. The Bertz CT molecular complexity index is 1110. The van der Waals surface area contributed by atoms with Crippen LogP contribution >= 0.6 is 11.3 Å². The van der Waals surface area contributed by atoms with Crippen molar-refractivity contribution < 1.29 is 24.1 Å². The molecule has 2 aromatic carbocycles. The van der Waals surface area contributed by atoms with Crippen molar-refractivity contribution in [3.05, 3.63) is 67.6 Å². The van der Waals surface area contributed by atoms with E-state index >= 15 is 0 Å². The minimum Gasteiger partial charge on any atom is -0.497 e. The van der Waals surface area contributed by atoms with Gasteiger partial charge in [-0.15, -0.1) is 11.3 Å². The predicted octanol–water partition coefficient (Wildman–Crippen LogP) is 3.90. The zero-order chi connectivity index (χ0) is 21.8. The van der Waals surface area contributed by atoms with Crippen LogP contribution in [0.5, 0.6) is 11.5 Å². The number of ether oxygens (including phenoxy) is 2. The summed E-state index contributed by atoms with van der Waals surface area (Å²) >= 11 is 1.11. The number of nitro groups is 2. The molecule has 0 atom stereocenters. The summed E-state index contributed by atoms with van der Waals surface area (Å²) in [6.45, 7) is 0. The number of rotatable bonds is 7. The molecule has 0 saturated heterocycles. The molecular formula is C18H14N4O7S. The number of amides is 1. The molecule has 0 saturated carbocycles. The standard InChI is InChI=1S/C18H14N4O7S/c1-28-13-3-4-16(29-2)14(8-13)15-9-30-18(19-15)20-17(23)10-5-11(21(24)25)7-12(6-10)22(26)27/h3-9H,1-2H3,(H,19,20,23). The molecule has 0 aliphatic heterocycles. The van der Waals surface area contributed by atoms with Gasteiger partial charge in [0.05, 0.1) is 41.4 Å². The van der Waals surface area contributed by atoms with Gasteiger partial charge in [-0.3, -0.25) is 30.3 Å². The second-order valence-corrected chi connectivity index (χ2v) is 6.67. The first kappa shape index (κ1) is 20.7. The van der Waals surface area contributed by atoms with Crippen LogP contribution < -0.4 is 14.8 Å². The summed E-state index contributed by atoms with van der Waals surface area (Å²) < 4.78 is 10.5. The fraction of sp³-hybridized carbons (Fsp3) is 0.111. The molecule has 0 fully saturated rings.